The Kier molecular flexibility index (Phi) is 5.14. The molecule has 1 heterocycles. The number of hydrogen-bond acceptors (Lipinski definition) is 3. The van der Waals surface area contributed by atoms with Gasteiger partial charge in [0.2, 0.25) is 0 Å². The molecule has 1 fully saturated rings. The smallest absolute Gasteiger partial charge is 0.0542 e. The summed E-state index contributed by atoms with van der Waals surface area (Å²) in [5.74, 6) is 0. The summed E-state index contributed by atoms with van der Waals surface area (Å²) in [4.78, 5) is 6.87. The first kappa shape index (κ1) is 13.5. The Morgan fingerprint density at radius 1 is 1.33 bits per heavy atom. The molecule has 0 bridgehead atoms. The Morgan fingerprint density at radius 3 is 2.78 bits per heavy atom. The van der Waals surface area contributed by atoms with Crippen LogP contribution < -0.4 is 5.73 Å². The summed E-state index contributed by atoms with van der Waals surface area (Å²) in [6.45, 7) is 4.96. The fourth-order valence-corrected chi connectivity index (χ4v) is 2.92. The zero-order valence-corrected chi connectivity index (χ0v) is 11.4. The molecule has 0 spiro atoms. The van der Waals surface area contributed by atoms with Crippen molar-refractivity contribution in [2.24, 2.45) is 5.73 Å². The van der Waals surface area contributed by atoms with Crippen molar-refractivity contribution >= 4 is 0 Å². The monoisotopic (exact) mass is 247 g/mol. The van der Waals surface area contributed by atoms with Crippen molar-refractivity contribution < 1.29 is 0 Å². The van der Waals surface area contributed by atoms with Crippen LogP contribution >= 0.6 is 0 Å². The minimum absolute atomic E-state index is 0.531. The number of nitrogens with two attached hydrogens (primary N) is 1. The first-order chi connectivity index (χ1) is 8.83. The van der Waals surface area contributed by atoms with Crippen molar-refractivity contribution in [2.45, 2.75) is 58.2 Å². The van der Waals surface area contributed by atoms with Gasteiger partial charge in [0.15, 0.2) is 0 Å². The fraction of sp³-hybridized carbons (Fsp3) is 0.667. The van der Waals surface area contributed by atoms with Gasteiger partial charge < -0.3 is 5.73 Å². The Hall–Kier alpha value is -0.930. The van der Waals surface area contributed by atoms with Crippen LogP contribution in [0, 0.1) is 0 Å². The molecule has 3 heteroatoms. The van der Waals surface area contributed by atoms with Crippen molar-refractivity contribution in [2.75, 3.05) is 6.54 Å². The van der Waals surface area contributed by atoms with Gasteiger partial charge in [-0.1, -0.05) is 26.2 Å². The third-order valence-corrected chi connectivity index (χ3v) is 3.97. The quantitative estimate of drug-likeness (QED) is 0.870. The molecule has 1 aliphatic carbocycles. The molecule has 0 aromatic carbocycles. The minimum atomic E-state index is 0.531. The van der Waals surface area contributed by atoms with Gasteiger partial charge in [0, 0.05) is 25.3 Å². The molecule has 100 valence electrons. The molecule has 1 saturated carbocycles. The average molecular weight is 247 g/mol. The summed E-state index contributed by atoms with van der Waals surface area (Å²) >= 11 is 0. The summed E-state index contributed by atoms with van der Waals surface area (Å²) in [6, 6.07) is 5.04. The molecule has 0 radical (unpaired) electrons. The molecule has 18 heavy (non-hydrogen) atoms. The molecule has 0 amide bonds. The standard InChI is InChI=1S/C15H25N3/c1-2-18(15-6-4-3-5-7-15)12-13-8-9-17-14(10-13)11-16/h8-10,15H,2-7,11-12,16H2,1H3. The molecule has 0 atom stereocenters. The van der Waals surface area contributed by atoms with Crippen molar-refractivity contribution in [3.8, 4) is 0 Å². The molecule has 3 nitrogen and oxygen atoms in total. The van der Waals surface area contributed by atoms with Crippen LogP contribution in [-0.4, -0.2) is 22.5 Å². The lowest BCUT2D eigenvalue weighted by molar-refractivity contribution is 0.156. The molecule has 1 aliphatic rings. The third-order valence-electron chi connectivity index (χ3n) is 3.97. The van der Waals surface area contributed by atoms with Gasteiger partial charge in [-0.25, -0.2) is 0 Å². The normalized spacial score (nSPS) is 17.3. The van der Waals surface area contributed by atoms with E-state index in [1.54, 1.807) is 0 Å². The van der Waals surface area contributed by atoms with E-state index in [2.05, 4.69) is 28.9 Å². The van der Waals surface area contributed by atoms with E-state index >= 15 is 0 Å². The van der Waals surface area contributed by atoms with Crippen molar-refractivity contribution in [3.63, 3.8) is 0 Å². The summed E-state index contributed by atoms with van der Waals surface area (Å²) < 4.78 is 0. The van der Waals surface area contributed by atoms with Crippen LogP contribution in [0.3, 0.4) is 0 Å². The van der Waals surface area contributed by atoms with E-state index in [-0.39, 0.29) is 0 Å². The molecular weight excluding hydrogens is 222 g/mol. The van der Waals surface area contributed by atoms with E-state index in [0.717, 1.165) is 24.8 Å². The van der Waals surface area contributed by atoms with E-state index in [0.29, 0.717) is 6.54 Å². The van der Waals surface area contributed by atoms with E-state index in [4.69, 9.17) is 5.73 Å². The lowest BCUT2D eigenvalue weighted by atomic mass is 9.94. The Morgan fingerprint density at radius 2 is 2.11 bits per heavy atom. The highest BCUT2D eigenvalue weighted by Crippen LogP contribution is 2.23. The number of rotatable bonds is 5. The Labute approximate surface area is 110 Å². The average Bonchev–Trinajstić information content (AvgIpc) is 2.46. The topological polar surface area (TPSA) is 42.2 Å². The van der Waals surface area contributed by atoms with Crippen LogP contribution in [0.15, 0.2) is 18.3 Å². The van der Waals surface area contributed by atoms with E-state index < -0.39 is 0 Å². The summed E-state index contributed by atoms with van der Waals surface area (Å²) in [7, 11) is 0. The molecule has 0 unspecified atom stereocenters. The Bertz CT molecular complexity index is 359. The second kappa shape index (κ2) is 6.86. The fourth-order valence-electron chi connectivity index (χ4n) is 2.92. The van der Waals surface area contributed by atoms with Crippen LogP contribution in [0.1, 0.15) is 50.3 Å². The van der Waals surface area contributed by atoms with Gasteiger partial charge in [-0.05, 0) is 37.1 Å². The maximum absolute atomic E-state index is 5.65. The maximum atomic E-state index is 5.65. The molecule has 0 aliphatic heterocycles. The van der Waals surface area contributed by atoms with E-state index in [1.165, 1.54) is 37.7 Å². The van der Waals surface area contributed by atoms with Gasteiger partial charge in [-0.15, -0.1) is 0 Å². The van der Waals surface area contributed by atoms with Crippen molar-refractivity contribution in [3.05, 3.63) is 29.6 Å². The summed E-state index contributed by atoms with van der Waals surface area (Å²) in [5, 5.41) is 0. The van der Waals surface area contributed by atoms with Crippen LogP contribution in [-0.2, 0) is 13.1 Å². The first-order valence-electron chi connectivity index (χ1n) is 7.21. The van der Waals surface area contributed by atoms with E-state index in [9.17, 15) is 0 Å². The number of hydrogen-bond donors (Lipinski definition) is 1. The van der Waals surface area contributed by atoms with Gasteiger partial charge in [0.25, 0.3) is 0 Å². The second-order valence-electron chi connectivity index (χ2n) is 5.21. The first-order valence-corrected chi connectivity index (χ1v) is 7.21. The zero-order valence-electron chi connectivity index (χ0n) is 11.4. The highest BCUT2D eigenvalue weighted by atomic mass is 15.1. The number of aromatic nitrogens is 1. The van der Waals surface area contributed by atoms with Gasteiger partial charge in [-0.2, -0.15) is 0 Å². The molecule has 2 rings (SSSR count). The van der Waals surface area contributed by atoms with Gasteiger partial charge in [-0.3, -0.25) is 9.88 Å². The lowest BCUT2D eigenvalue weighted by Gasteiger charge is -2.33. The molecule has 1 aromatic rings. The predicted octanol–water partition coefficient (Wildman–Crippen LogP) is 2.69. The second-order valence-corrected chi connectivity index (χ2v) is 5.21. The summed E-state index contributed by atoms with van der Waals surface area (Å²) in [6.07, 6.45) is 8.81. The minimum Gasteiger partial charge on any atom is -0.325 e. The largest absolute Gasteiger partial charge is 0.325 e. The molecule has 0 saturated heterocycles. The predicted molar refractivity (Wildman–Crippen MR) is 75.1 cm³/mol. The Balaban J connectivity index is 1.99. The van der Waals surface area contributed by atoms with Gasteiger partial charge >= 0.3 is 0 Å². The molecular formula is C15H25N3. The molecule has 2 N–H and O–H groups in total. The van der Waals surface area contributed by atoms with Crippen LogP contribution in [0.5, 0.6) is 0 Å². The highest BCUT2D eigenvalue weighted by molar-refractivity contribution is 5.16. The lowest BCUT2D eigenvalue weighted by Crippen LogP contribution is -2.36. The van der Waals surface area contributed by atoms with E-state index in [1.807, 2.05) is 6.20 Å². The highest BCUT2D eigenvalue weighted by Gasteiger charge is 2.19. The third kappa shape index (κ3) is 3.53. The van der Waals surface area contributed by atoms with Gasteiger partial charge in [0.05, 0.1) is 5.69 Å². The zero-order chi connectivity index (χ0) is 12.8. The van der Waals surface area contributed by atoms with Crippen LogP contribution in [0.2, 0.25) is 0 Å². The number of pyridine rings is 1. The molecule has 1 aromatic heterocycles. The maximum Gasteiger partial charge on any atom is 0.0542 e. The van der Waals surface area contributed by atoms with Crippen molar-refractivity contribution in [1.82, 2.24) is 9.88 Å². The van der Waals surface area contributed by atoms with Crippen molar-refractivity contribution in [1.29, 1.82) is 0 Å². The van der Waals surface area contributed by atoms with Crippen LogP contribution in [0.25, 0.3) is 0 Å². The SMILES string of the molecule is CCN(Cc1ccnc(CN)c1)C1CCCCC1. The van der Waals surface area contributed by atoms with Crippen LogP contribution in [0.4, 0.5) is 0 Å². The number of nitrogens with zero attached hydrogens (tertiary/aromatic N) is 2. The van der Waals surface area contributed by atoms with Gasteiger partial charge in [0.1, 0.15) is 0 Å². The summed E-state index contributed by atoms with van der Waals surface area (Å²) in [5.41, 5.74) is 7.99.